The van der Waals surface area contributed by atoms with Gasteiger partial charge in [0.05, 0.1) is 17.3 Å². The van der Waals surface area contributed by atoms with Gasteiger partial charge in [0.2, 0.25) is 0 Å². The van der Waals surface area contributed by atoms with Crippen LogP contribution in [-0.2, 0) is 0 Å². The second kappa shape index (κ2) is 7.44. The van der Waals surface area contributed by atoms with E-state index in [1.54, 1.807) is 49.5 Å². The lowest BCUT2D eigenvalue weighted by atomic mass is 10.1. The molecule has 0 spiro atoms. The molecule has 0 radical (unpaired) electrons. The normalized spacial score (nSPS) is 10.3. The highest BCUT2D eigenvalue weighted by Crippen LogP contribution is 2.37. The lowest BCUT2D eigenvalue weighted by Crippen LogP contribution is -2.27. The summed E-state index contributed by atoms with van der Waals surface area (Å²) in [6, 6.07) is 17.8. The van der Waals surface area contributed by atoms with Gasteiger partial charge >= 0.3 is 5.97 Å². The molecule has 0 atom stereocenters. The van der Waals surface area contributed by atoms with Gasteiger partial charge in [0.1, 0.15) is 4.88 Å². The van der Waals surface area contributed by atoms with Crippen LogP contribution in [0.1, 0.15) is 31.2 Å². The van der Waals surface area contributed by atoms with Crippen molar-refractivity contribution < 1.29 is 14.7 Å². The third-order valence-corrected chi connectivity index (χ3v) is 5.33. The summed E-state index contributed by atoms with van der Waals surface area (Å²) in [5, 5.41) is 18.5. The van der Waals surface area contributed by atoms with E-state index >= 15 is 0 Å². The van der Waals surface area contributed by atoms with E-state index in [0.29, 0.717) is 16.8 Å². The Balaban J connectivity index is 1.99. The number of nitriles is 1. The minimum Gasteiger partial charge on any atom is -0.477 e. The van der Waals surface area contributed by atoms with Gasteiger partial charge in [0.15, 0.2) is 0 Å². The highest BCUT2D eigenvalue weighted by molar-refractivity contribution is 7.18. The molecule has 0 fully saturated rings. The van der Waals surface area contributed by atoms with Crippen molar-refractivity contribution in [2.75, 3.05) is 11.9 Å². The van der Waals surface area contributed by atoms with Gasteiger partial charge in [-0.25, -0.2) is 4.79 Å². The van der Waals surface area contributed by atoms with Gasteiger partial charge < -0.3 is 10.0 Å². The first-order valence-corrected chi connectivity index (χ1v) is 8.94. The monoisotopic (exact) mass is 376 g/mol. The second-order valence-electron chi connectivity index (χ2n) is 6.05. The Kier molecular flexibility index (Phi) is 5.06. The fraction of sp³-hybridized carbons (Fsp3) is 0.0952. The molecule has 0 aliphatic heterocycles. The van der Waals surface area contributed by atoms with E-state index in [-0.39, 0.29) is 10.8 Å². The molecule has 3 aromatic rings. The minimum absolute atomic E-state index is 0.0947. The zero-order valence-electron chi connectivity index (χ0n) is 14.8. The Morgan fingerprint density at radius 3 is 2.26 bits per heavy atom. The summed E-state index contributed by atoms with van der Waals surface area (Å²) in [4.78, 5) is 26.6. The molecule has 3 rings (SSSR count). The molecule has 1 heterocycles. The molecule has 1 N–H and O–H groups in total. The van der Waals surface area contributed by atoms with Crippen LogP contribution in [0, 0.1) is 18.3 Å². The summed E-state index contributed by atoms with van der Waals surface area (Å²) in [6.07, 6.45) is 0. The number of carbonyl (C=O) groups is 2. The summed E-state index contributed by atoms with van der Waals surface area (Å²) >= 11 is 1.10. The van der Waals surface area contributed by atoms with Crippen LogP contribution in [0.5, 0.6) is 0 Å². The predicted molar refractivity (Wildman–Crippen MR) is 105 cm³/mol. The molecule has 1 amide bonds. The smallest absolute Gasteiger partial charge is 0.348 e. The van der Waals surface area contributed by atoms with Crippen LogP contribution in [0.25, 0.3) is 10.4 Å². The van der Waals surface area contributed by atoms with Crippen molar-refractivity contribution in [3.63, 3.8) is 0 Å². The summed E-state index contributed by atoms with van der Waals surface area (Å²) in [5.74, 6) is -1.36. The van der Waals surface area contributed by atoms with Gasteiger partial charge in [-0.05, 0) is 42.8 Å². The lowest BCUT2D eigenvalue weighted by Gasteiger charge is -2.17. The number of amides is 1. The molecule has 5 nitrogen and oxygen atoms in total. The molecule has 2 aromatic carbocycles. The van der Waals surface area contributed by atoms with E-state index in [4.69, 9.17) is 5.26 Å². The predicted octanol–water partition coefficient (Wildman–Crippen LogP) is 4.57. The fourth-order valence-corrected chi connectivity index (χ4v) is 3.67. The Hall–Kier alpha value is -3.43. The Morgan fingerprint density at radius 1 is 1.07 bits per heavy atom. The van der Waals surface area contributed by atoms with Gasteiger partial charge in [0, 0.05) is 17.5 Å². The average molecular weight is 376 g/mol. The molecular formula is C21H16N2O3S. The number of carbonyl (C=O) groups excluding carboxylic acids is 1. The number of carboxylic acids is 1. The molecular weight excluding hydrogens is 360 g/mol. The molecule has 1 aromatic heterocycles. The molecule has 0 aliphatic rings. The maximum Gasteiger partial charge on any atom is 0.348 e. The number of hydrogen-bond acceptors (Lipinski definition) is 4. The van der Waals surface area contributed by atoms with E-state index in [1.807, 2.05) is 19.1 Å². The van der Waals surface area contributed by atoms with Crippen LogP contribution >= 0.6 is 11.3 Å². The topological polar surface area (TPSA) is 81.4 Å². The van der Waals surface area contributed by atoms with E-state index in [1.165, 1.54) is 4.90 Å². The molecule has 6 heteroatoms. The molecule has 0 saturated carbocycles. The minimum atomic E-state index is -1.08. The number of aromatic carboxylic acids is 1. The van der Waals surface area contributed by atoms with E-state index in [0.717, 1.165) is 27.3 Å². The zero-order chi connectivity index (χ0) is 19.6. The molecule has 0 bridgehead atoms. The number of nitrogens with zero attached hydrogens (tertiary/aromatic N) is 2. The van der Waals surface area contributed by atoms with Gasteiger partial charge in [0.25, 0.3) is 5.91 Å². The largest absolute Gasteiger partial charge is 0.477 e. The maximum atomic E-state index is 12.8. The molecule has 0 aliphatic carbocycles. The zero-order valence-corrected chi connectivity index (χ0v) is 15.6. The number of hydrogen-bond donors (Lipinski definition) is 1. The van der Waals surface area contributed by atoms with Gasteiger partial charge in [-0.3, -0.25) is 4.79 Å². The van der Waals surface area contributed by atoms with Crippen molar-refractivity contribution in [1.82, 2.24) is 0 Å². The van der Waals surface area contributed by atoms with Crippen LogP contribution in [0.3, 0.4) is 0 Å². The second-order valence-corrected chi connectivity index (χ2v) is 7.10. The first-order valence-electron chi connectivity index (χ1n) is 8.13. The number of thiophene rings is 1. The van der Waals surface area contributed by atoms with Crippen molar-refractivity contribution in [2.24, 2.45) is 0 Å². The summed E-state index contributed by atoms with van der Waals surface area (Å²) in [6.45, 7) is 1.93. The fourth-order valence-electron chi connectivity index (χ4n) is 2.63. The number of rotatable bonds is 4. The summed E-state index contributed by atoms with van der Waals surface area (Å²) in [5.41, 5.74) is 3.20. The van der Waals surface area contributed by atoms with Gasteiger partial charge in [-0.15, -0.1) is 11.3 Å². The average Bonchev–Trinajstić information content (AvgIpc) is 3.13. The highest BCUT2D eigenvalue weighted by Gasteiger charge is 2.23. The maximum absolute atomic E-state index is 12.8. The summed E-state index contributed by atoms with van der Waals surface area (Å²) < 4.78 is 0. The van der Waals surface area contributed by atoms with Crippen molar-refractivity contribution in [1.29, 1.82) is 5.26 Å². The van der Waals surface area contributed by atoms with Crippen LogP contribution in [0.4, 0.5) is 5.69 Å². The standard InChI is InChI=1S/C21H16N2O3S/c1-13-3-7-16(8-4-13)20(24)23(2)17-11-18(27-19(17)21(25)26)15-9-5-14(12-22)6-10-15/h3-11H,1-2H3,(H,25,26). The number of carboxylic acid groups (broad SMARTS) is 1. The van der Waals surface area contributed by atoms with Crippen molar-refractivity contribution in [3.8, 4) is 16.5 Å². The van der Waals surface area contributed by atoms with Crippen LogP contribution in [0.2, 0.25) is 0 Å². The van der Waals surface area contributed by atoms with Crippen molar-refractivity contribution >= 4 is 28.9 Å². The third kappa shape index (κ3) is 3.73. The first kappa shape index (κ1) is 18.4. The van der Waals surface area contributed by atoms with Crippen molar-refractivity contribution in [3.05, 3.63) is 76.2 Å². The van der Waals surface area contributed by atoms with Gasteiger partial charge in [-0.1, -0.05) is 29.8 Å². The number of aryl methyl sites for hydroxylation is 1. The van der Waals surface area contributed by atoms with E-state index < -0.39 is 5.97 Å². The summed E-state index contributed by atoms with van der Waals surface area (Å²) in [7, 11) is 1.57. The van der Waals surface area contributed by atoms with E-state index in [2.05, 4.69) is 6.07 Å². The third-order valence-electron chi connectivity index (χ3n) is 4.17. The number of anilines is 1. The lowest BCUT2D eigenvalue weighted by molar-refractivity contribution is 0.0703. The molecule has 134 valence electrons. The van der Waals surface area contributed by atoms with Crippen LogP contribution in [0.15, 0.2) is 54.6 Å². The van der Waals surface area contributed by atoms with Crippen molar-refractivity contribution in [2.45, 2.75) is 6.92 Å². The van der Waals surface area contributed by atoms with Crippen LogP contribution < -0.4 is 4.90 Å². The van der Waals surface area contributed by atoms with Gasteiger partial charge in [-0.2, -0.15) is 5.26 Å². The quantitative estimate of drug-likeness (QED) is 0.723. The van der Waals surface area contributed by atoms with E-state index in [9.17, 15) is 14.7 Å². The SMILES string of the molecule is Cc1ccc(C(=O)N(C)c2cc(-c3ccc(C#N)cc3)sc2C(=O)O)cc1. The molecule has 0 saturated heterocycles. The highest BCUT2D eigenvalue weighted by atomic mass is 32.1. The molecule has 0 unspecified atom stereocenters. The molecule has 27 heavy (non-hydrogen) atoms. The Labute approximate surface area is 160 Å². The van der Waals surface area contributed by atoms with Crippen LogP contribution in [-0.4, -0.2) is 24.0 Å². The first-order chi connectivity index (χ1) is 12.9. The Bertz CT molecular complexity index is 1040. The Morgan fingerprint density at radius 2 is 1.70 bits per heavy atom. The number of benzene rings is 2.